The standard InChI is InChI=1S/C24H44I2O2/c1-3-5-6-7-13-16-19-22(25)23(26)20-17-14-11-9-8-10-12-15-18-21-24(27)28-4-2/h3-21H2,1-2H3/b23-22+. The maximum Gasteiger partial charge on any atom is 0.305 e. The first-order valence-corrected chi connectivity index (χ1v) is 14.0. The Morgan fingerprint density at radius 3 is 1.32 bits per heavy atom. The van der Waals surface area contributed by atoms with E-state index in [1.165, 1.54) is 103 Å². The third-order valence-corrected chi connectivity index (χ3v) is 8.54. The van der Waals surface area contributed by atoms with Gasteiger partial charge in [-0.2, -0.15) is 0 Å². The van der Waals surface area contributed by atoms with Crippen LogP contribution in [0.1, 0.15) is 129 Å². The smallest absolute Gasteiger partial charge is 0.305 e. The van der Waals surface area contributed by atoms with E-state index >= 15 is 0 Å². The SMILES string of the molecule is CCCCCCCC/C(I)=C(\I)CCCCCCCCCCCC(=O)OCC. The number of carbonyl (C=O) groups excluding carboxylic acids is 1. The molecule has 0 saturated carbocycles. The summed E-state index contributed by atoms with van der Waals surface area (Å²) in [5.74, 6) is -0.0344. The van der Waals surface area contributed by atoms with Crippen molar-refractivity contribution in [1.82, 2.24) is 0 Å². The Balaban J connectivity index is 3.43. The molecule has 0 fully saturated rings. The topological polar surface area (TPSA) is 26.3 Å². The van der Waals surface area contributed by atoms with Crippen LogP contribution in [0.15, 0.2) is 7.16 Å². The summed E-state index contributed by atoms with van der Waals surface area (Å²) in [5.41, 5.74) is 0. The van der Waals surface area contributed by atoms with Gasteiger partial charge < -0.3 is 4.74 Å². The summed E-state index contributed by atoms with van der Waals surface area (Å²) in [7, 11) is 0. The highest BCUT2D eigenvalue weighted by Gasteiger charge is 2.02. The number of ether oxygens (including phenoxy) is 1. The van der Waals surface area contributed by atoms with Crippen LogP contribution < -0.4 is 0 Å². The number of allylic oxidation sites excluding steroid dienone is 2. The fourth-order valence-electron chi connectivity index (χ4n) is 3.35. The van der Waals surface area contributed by atoms with Crippen LogP contribution in [0.25, 0.3) is 0 Å². The first-order valence-electron chi connectivity index (χ1n) is 11.8. The van der Waals surface area contributed by atoms with Crippen molar-refractivity contribution in [2.75, 3.05) is 6.61 Å². The molecular formula is C24H44I2O2. The highest BCUT2D eigenvalue weighted by molar-refractivity contribution is 14.1. The Morgan fingerprint density at radius 2 is 0.929 bits per heavy atom. The molecule has 0 aromatic heterocycles. The van der Waals surface area contributed by atoms with Crippen molar-refractivity contribution < 1.29 is 9.53 Å². The molecule has 4 heteroatoms. The van der Waals surface area contributed by atoms with E-state index in [1.54, 1.807) is 7.16 Å². The van der Waals surface area contributed by atoms with E-state index in [9.17, 15) is 4.79 Å². The molecule has 0 aromatic rings. The molecular weight excluding hydrogens is 574 g/mol. The van der Waals surface area contributed by atoms with Gasteiger partial charge in [0.05, 0.1) is 6.61 Å². The number of esters is 1. The Bertz CT molecular complexity index is 394. The van der Waals surface area contributed by atoms with E-state index in [2.05, 4.69) is 52.1 Å². The largest absolute Gasteiger partial charge is 0.466 e. The molecule has 0 aliphatic heterocycles. The summed E-state index contributed by atoms with van der Waals surface area (Å²) in [6.07, 6.45) is 23.1. The van der Waals surface area contributed by atoms with Gasteiger partial charge in [-0.3, -0.25) is 4.79 Å². The lowest BCUT2D eigenvalue weighted by Gasteiger charge is -2.06. The summed E-state index contributed by atoms with van der Waals surface area (Å²) in [6.45, 7) is 4.66. The van der Waals surface area contributed by atoms with Crippen molar-refractivity contribution in [2.45, 2.75) is 129 Å². The Labute approximate surface area is 202 Å². The number of hydrogen-bond donors (Lipinski definition) is 0. The fourth-order valence-corrected chi connectivity index (χ4v) is 4.65. The number of carbonyl (C=O) groups is 1. The zero-order valence-electron chi connectivity index (χ0n) is 18.5. The van der Waals surface area contributed by atoms with Crippen molar-refractivity contribution in [1.29, 1.82) is 0 Å². The average molecular weight is 618 g/mol. The van der Waals surface area contributed by atoms with Gasteiger partial charge >= 0.3 is 5.97 Å². The van der Waals surface area contributed by atoms with Crippen LogP contribution in [0.5, 0.6) is 0 Å². The highest BCUT2D eigenvalue weighted by atomic mass is 127. The zero-order valence-corrected chi connectivity index (χ0v) is 22.8. The summed E-state index contributed by atoms with van der Waals surface area (Å²) < 4.78 is 8.16. The van der Waals surface area contributed by atoms with Crippen LogP contribution in [0.4, 0.5) is 0 Å². The third kappa shape index (κ3) is 20.0. The molecule has 0 aliphatic carbocycles. The van der Waals surface area contributed by atoms with Crippen LogP contribution in [0.3, 0.4) is 0 Å². The fraction of sp³-hybridized carbons (Fsp3) is 0.875. The summed E-state index contributed by atoms with van der Waals surface area (Å²) in [4.78, 5) is 11.2. The van der Waals surface area contributed by atoms with Gasteiger partial charge in [-0.15, -0.1) is 0 Å². The van der Waals surface area contributed by atoms with Crippen LogP contribution in [-0.4, -0.2) is 12.6 Å². The molecule has 0 atom stereocenters. The van der Waals surface area contributed by atoms with Gasteiger partial charge in [0.1, 0.15) is 0 Å². The van der Waals surface area contributed by atoms with E-state index in [4.69, 9.17) is 4.74 Å². The molecule has 166 valence electrons. The van der Waals surface area contributed by atoms with Crippen molar-refractivity contribution in [3.05, 3.63) is 7.16 Å². The predicted molar refractivity (Wildman–Crippen MR) is 140 cm³/mol. The van der Waals surface area contributed by atoms with Gasteiger partial charge in [0.2, 0.25) is 0 Å². The molecule has 0 aromatic carbocycles. The number of hydrogen-bond acceptors (Lipinski definition) is 2. The van der Waals surface area contributed by atoms with Gasteiger partial charge in [0, 0.05) is 6.42 Å². The van der Waals surface area contributed by atoms with Gasteiger partial charge in [0.15, 0.2) is 0 Å². The maximum atomic E-state index is 11.2. The maximum absolute atomic E-state index is 11.2. The monoisotopic (exact) mass is 618 g/mol. The molecule has 28 heavy (non-hydrogen) atoms. The molecule has 0 spiro atoms. The Hall–Kier alpha value is 0.670. The molecule has 0 rings (SSSR count). The summed E-state index contributed by atoms with van der Waals surface area (Å²) >= 11 is 5.16. The van der Waals surface area contributed by atoms with Crippen molar-refractivity contribution in [3.8, 4) is 0 Å². The van der Waals surface area contributed by atoms with E-state index in [0.29, 0.717) is 13.0 Å². The first kappa shape index (κ1) is 28.7. The van der Waals surface area contributed by atoms with Gasteiger partial charge in [-0.1, -0.05) is 84.0 Å². The highest BCUT2D eigenvalue weighted by Crippen LogP contribution is 2.29. The van der Waals surface area contributed by atoms with Crippen LogP contribution in [-0.2, 0) is 9.53 Å². The van der Waals surface area contributed by atoms with E-state index in [-0.39, 0.29) is 5.97 Å². The molecule has 0 unspecified atom stereocenters. The minimum absolute atomic E-state index is 0.0344. The average Bonchev–Trinajstić information content (AvgIpc) is 2.68. The number of rotatable bonds is 20. The van der Waals surface area contributed by atoms with Gasteiger partial charge in [-0.25, -0.2) is 0 Å². The second-order valence-electron chi connectivity index (χ2n) is 7.81. The molecule has 0 amide bonds. The Kier molecular flexibility index (Phi) is 22.9. The second kappa shape index (κ2) is 22.4. The lowest BCUT2D eigenvalue weighted by atomic mass is 10.1. The van der Waals surface area contributed by atoms with Gasteiger partial charge in [-0.05, 0) is 91.4 Å². The van der Waals surface area contributed by atoms with Crippen molar-refractivity contribution >= 4 is 51.2 Å². The lowest BCUT2D eigenvalue weighted by Crippen LogP contribution is -2.03. The van der Waals surface area contributed by atoms with E-state index in [1.807, 2.05) is 6.92 Å². The van der Waals surface area contributed by atoms with Crippen molar-refractivity contribution in [3.63, 3.8) is 0 Å². The molecule has 0 radical (unpaired) electrons. The first-order chi connectivity index (χ1) is 13.6. The van der Waals surface area contributed by atoms with Crippen LogP contribution >= 0.6 is 45.2 Å². The minimum atomic E-state index is -0.0344. The minimum Gasteiger partial charge on any atom is -0.466 e. The number of unbranched alkanes of at least 4 members (excludes halogenated alkanes) is 13. The van der Waals surface area contributed by atoms with E-state index in [0.717, 1.165) is 6.42 Å². The predicted octanol–water partition coefficient (Wildman–Crippen LogP) is 9.67. The zero-order chi connectivity index (χ0) is 20.9. The molecule has 0 aliphatic rings. The Morgan fingerprint density at radius 1 is 0.571 bits per heavy atom. The molecule has 0 N–H and O–H groups in total. The molecule has 0 bridgehead atoms. The molecule has 0 saturated heterocycles. The molecule has 0 heterocycles. The summed E-state index contributed by atoms with van der Waals surface area (Å²) in [5, 5.41) is 0. The van der Waals surface area contributed by atoms with Gasteiger partial charge in [0.25, 0.3) is 0 Å². The lowest BCUT2D eigenvalue weighted by molar-refractivity contribution is -0.143. The van der Waals surface area contributed by atoms with Crippen LogP contribution in [0.2, 0.25) is 0 Å². The summed E-state index contributed by atoms with van der Waals surface area (Å²) in [6, 6.07) is 0. The van der Waals surface area contributed by atoms with Crippen LogP contribution in [0, 0.1) is 0 Å². The molecule has 2 nitrogen and oxygen atoms in total. The second-order valence-corrected chi connectivity index (χ2v) is 10.4. The number of halogens is 2. The third-order valence-electron chi connectivity index (χ3n) is 5.13. The normalized spacial score (nSPS) is 12.1. The van der Waals surface area contributed by atoms with E-state index < -0.39 is 0 Å². The van der Waals surface area contributed by atoms with Crippen molar-refractivity contribution in [2.24, 2.45) is 0 Å². The quantitative estimate of drug-likeness (QED) is 0.0772.